The first kappa shape index (κ1) is 61.8. The van der Waals surface area contributed by atoms with E-state index in [1.54, 1.807) is 0 Å². The van der Waals surface area contributed by atoms with Crippen molar-refractivity contribution >= 4 is 17.9 Å². The Balaban J connectivity index is 4.60. The molecule has 0 aromatic carbocycles. The van der Waals surface area contributed by atoms with E-state index in [0.29, 0.717) is 19.3 Å². The SMILES string of the molecule is CCCCC\C=C/C=C\C=C/C=C\CCCCCCCC(=O)OCC(COC(=O)CC/C=C\C/C=C\CCCCCCCC)OC(=O)CCC/C=C\C/C=C\C/C=C\C/C=C\CCCCC. The fourth-order valence-corrected chi connectivity index (χ4v) is 6.73. The average molecular weight is 913 g/mol. The number of rotatable bonds is 46. The summed E-state index contributed by atoms with van der Waals surface area (Å²) in [5.41, 5.74) is 0. The van der Waals surface area contributed by atoms with Crippen LogP contribution in [0.2, 0.25) is 0 Å². The minimum absolute atomic E-state index is 0.133. The fourth-order valence-electron chi connectivity index (χ4n) is 6.73. The molecule has 0 rings (SSSR count). The van der Waals surface area contributed by atoms with Crippen molar-refractivity contribution in [2.75, 3.05) is 13.2 Å². The minimum atomic E-state index is -0.842. The first-order chi connectivity index (χ1) is 32.5. The van der Waals surface area contributed by atoms with Gasteiger partial charge in [0, 0.05) is 19.3 Å². The van der Waals surface area contributed by atoms with Crippen LogP contribution >= 0.6 is 0 Å². The van der Waals surface area contributed by atoms with E-state index in [0.717, 1.165) is 83.5 Å². The quantitative estimate of drug-likeness (QED) is 0.0199. The average Bonchev–Trinajstić information content (AvgIpc) is 3.31. The van der Waals surface area contributed by atoms with Gasteiger partial charge in [0.1, 0.15) is 13.2 Å². The van der Waals surface area contributed by atoms with Crippen LogP contribution in [0.5, 0.6) is 0 Å². The van der Waals surface area contributed by atoms with Crippen molar-refractivity contribution in [3.8, 4) is 0 Å². The number of carbonyl (C=O) groups excluding carboxylic acids is 3. The normalized spacial score (nSPS) is 13.1. The highest BCUT2D eigenvalue weighted by molar-refractivity contribution is 5.71. The molecule has 1 atom stereocenters. The topological polar surface area (TPSA) is 78.9 Å². The minimum Gasteiger partial charge on any atom is -0.462 e. The van der Waals surface area contributed by atoms with Gasteiger partial charge in [-0.05, 0) is 103 Å². The number of esters is 3. The summed E-state index contributed by atoms with van der Waals surface area (Å²) in [5, 5.41) is 0. The van der Waals surface area contributed by atoms with Crippen LogP contribution in [0.1, 0.15) is 220 Å². The smallest absolute Gasteiger partial charge is 0.306 e. The number of carbonyl (C=O) groups is 3. The van der Waals surface area contributed by atoms with Gasteiger partial charge in [0.15, 0.2) is 6.10 Å². The largest absolute Gasteiger partial charge is 0.462 e. The lowest BCUT2D eigenvalue weighted by molar-refractivity contribution is -0.166. The molecule has 0 saturated heterocycles. The van der Waals surface area contributed by atoms with Crippen molar-refractivity contribution in [2.45, 2.75) is 226 Å². The predicted molar refractivity (Wildman–Crippen MR) is 283 cm³/mol. The van der Waals surface area contributed by atoms with Gasteiger partial charge in [-0.25, -0.2) is 0 Å². The molecule has 0 N–H and O–H groups in total. The molecule has 0 saturated carbocycles. The molecule has 0 heterocycles. The highest BCUT2D eigenvalue weighted by Crippen LogP contribution is 2.11. The lowest BCUT2D eigenvalue weighted by Crippen LogP contribution is -2.30. The van der Waals surface area contributed by atoms with E-state index < -0.39 is 6.10 Å². The molecule has 0 radical (unpaired) electrons. The standard InChI is InChI=1S/C60H96O6/c1-4-7-10-13-16-19-22-25-27-29-31-32-35-38-41-44-47-50-53-59(62)65-56-57(55-64-58(61)52-49-46-43-40-37-34-24-21-18-15-12-9-6-3)66-60(63)54-51-48-45-42-39-36-33-30-28-26-23-20-17-14-11-8-5-2/h16-17,19-20,22,25-29,31-34,36-37,42-43,45-46,57H,4-15,18,21,23-24,30,35,38-41,44,47-56H2,1-3H3/b19-16-,20-17-,25-22-,28-26-,29-27-,32-31-,36-33-,37-34-,45-42-,46-43-. The first-order valence-corrected chi connectivity index (χ1v) is 26.6. The predicted octanol–water partition coefficient (Wildman–Crippen LogP) is 17.7. The Morgan fingerprint density at radius 3 is 1.15 bits per heavy atom. The fraction of sp³-hybridized carbons (Fsp3) is 0.617. The summed E-state index contributed by atoms with van der Waals surface area (Å²) < 4.78 is 16.7. The van der Waals surface area contributed by atoms with Crippen molar-refractivity contribution in [3.05, 3.63) is 122 Å². The van der Waals surface area contributed by atoms with Gasteiger partial charge in [-0.1, -0.05) is 219 Å². The number of allylic oxidation sites excluding steroid dienone is 20. The van der Waals surface area contributed by atoms with Gasteiger partial charge in [-0.15, -0.1) is 0 Å². The molecule has 0 aliphatic rings. The number of ether oxygens (including phenoxy) is 3. The molecular formula is C60H96O6. The van der Waals surface area contributed by atoms with Crippen LogP contribution in [0, 0.1) is 0 Å². The Labute approximate surface area is 405 Å². The molecule has 0 fully saturated rings. The van der Waals surface area contributed by atoms with Crippen LogP contribution in [-0.2, 0) is 28.6 Å². The third-order valence-corrected chi connectivity index (χ3v) is 10.8. The van der Waals surface area contributed by atoms with Gasteiger partial charge < -0.3 is 14.2 Å². The second kappa shape index (κ2) is 53.4. The third-order valence-electron chi connectivity index (χ3n) is 10.8. The van der Waals surface area contributed by atoms with Gasteiger partial charge in [0.2, 0.25) is 0 Å². The van der Waals surface area contributed by atoms with Gasteiger partial charge in [0.05, 0.1) is 0 Å². The summed E-state index contributed by atoms with van der Waals surface area (Å²) in [5.74, 6) is -1.09. The van der Waals surface area contributed by atoms with Gasteiger partial charge >= 0.3 is 17.9 Å². The lowest BCUT2D eigenvalue weighted by atomic mass is 10.1. The van der Waals surface area contributed by atoms with Crippen molar-refractivity contribution in [1.29, 1.82) is 0 Å². The molecule has 6 heteroatoms. The van der Waals surface area contributed by atoms with Crippen molar-refractivity contribution < 1.29 is 28.6 Å². The molecule has 0 bridgehead atoms. The van der Waals surface area contributed by atoms with Crippen LogP contribution in [0.3, 0.4) is 0 Å². The second-order valence-corrected chi connectivity index (χ2v) is 17.2. The van der Waals surface area contributed by atoms with Crippen LogP contribution in [0.25, 0.3) is 0 Å². The monoisotopic (exact) mass is 913 g/mol. The summed E-state index contributed by atoms with van der Waals surface area (Å²) >= 11 is 0. The number of hydrogen-bond acceptors (Lipinski definition) is 6. The zero-order chi connectivity index (χ0) is 47.9. The summed E-state index contributed by atoms with van der Waals surface area (Å²) in [6.45, 7) is 6.43. The summed E-state index contributed by atoms with van der Waals surface area (Å²) in [7, 11) is 0. The highest BCUT2D eigenvalue weighted by Gasteiger charge is 2.19. The maximum absolute atomic E-state index is 12.8. The molecular weight excluding hydrogens is 817 g/mol. The van der Waals surface area contributed by atoms with E-state index in [4.69, 9.17) is 14.2 Å². The summed E-state index contributed by atoms with van der Waals surface area (Å²) in [4.78, 5) is 38.0. The zero-order valence-corrected chi connectivity index (χ0v) is 42.4. The van der Waals surface area contributed by atoms with Gasteiger partial charge in [-0.2, -0.15) is 0 Å². The van der Waals surface area contributed by atoms with Crippen LogP contribution in [-0.4, -0.2) is 37.2 Å². The van der Waals surface area contributed by atoms with Crippen molar-refractivity contribution in [1.82, 2.24) is 0 Å². The molecule has 1 unspecified atom stereocenters. The molecule has 372 valence electrons. The highest BCUT2D eigenvalue weighted by atomic mass is 16.6. The molecule has 0 aromatic heterocycles. The Morgan fingerprint density at radius 1 is 0.318 bits per heavy atom. The molecule has 0 amide bonds. The Hall–Kier alpha value is -4.19. The van der Waals surface area contributed by atoms with Gasteiger partial charge in [0.25, 0.3) is 0 Å². The van der Waals surface area contributed by atoms with Crippen LogP contribution in [0.15, 0.2) is 122 Å². The number of hydrogen-bond donors (Lipinski definition) is 0. The molecule has 0 aliphatic heterocycles. The maximum Gasteiger partial charge on any atom is 0.306 e. The first-order valence-electron chi connectivity index (χ1n) is 26.6. The maximum atomic E-state index is 12.8. The molecule has 0 aliphatic carbocycles. The summed E-state index contributed by atoms with van der Waals surface area (Å²) in [6, 6.07) is 0. The molecule has 0 spiro atoms. The van der Waals surface area contributed by atoms with E-state index in [9.17, 15) is 14.4 Å². The molecule has 0 aromatic rings. The number of unbranched alkanes of at least 4 members (excludes halogenated alkanes) is 18. The summed E-state index contributed by atoms with van der Waals surface area (Å²) in [6.07, 6.45) is 73.4. The van der Waals surface area contributed by atoms with Gasteiger partial charge in [-0.3, -0.25) is 14.4 Å². The van der Waals surface area contributed by atoms with E-state index in [2.05, 4.69) is 136 Å². The molecule has 6 nitrogen and oxygen atoms in total. The van der Waals surface area contributed by atoms with Crippen LogP contribution < -0.4 is 0 Å². The van der Waals surface area contributed by atoms with E-state index in [1.807, 2.05) is 6.08 Å². The van der Waals surface area contributed by atoms with Crippen LogP contribution in [0.4, 0.5) is 0 Å². The molecule has 66 heavy (non-hydrogen) atoms. The second-order valence-electron chi connectivity index (χ2n) is 17.2. The Morgan fingerprint density at radius 2 is 0.652 bits per heavy atom. The van der Waals surface area contributed by atoms with E-state index in [-0.39, 0.29) is 44.0 Å². The lowest BCUT2D eigenvalue weighted by Gasteiger charge is -2.18. The van der Waals surface area contributed by atoms with Crippen molar-refractivity contribution in [3.63, 3.8) is 0 Å². The Kier molecular flexibility index (Phi) is 50.0. The third kappa shape index (κ3) is 50.8. The van der Waals surface area contributed by atoms with Crippen molar-refractivity contribution in [2.24, 2.45) is 0 Å². The zero-order valence-electron chi connectivity index (χ0n) is 42.4. The van der Waals surface area contributed by atoms with E-state index >= 15 is 0 Å². The van der Waals surface area contributed by atoms with E-state index in [1.165, 1.54) is 83.5 Å². The Bertz CT molecular complexity index is 1420.